The van der Waals surface area contributed by atoms with Crippen molar-refractivity contribution in [2.45, 2.75) is 13.5 Å². The number of thiocarbonyl (C=S) groups is 1. The van der Waals surface area contributed by atoms with Crippen molar-refractivity contribution >= 4 is 34.7 Å². The first kappa shape index (κ1) is 13.8. The summed E-state index contributed by atoms with van der Waals surface area (Å²) in [7, 11) is 0. The summed E-state index contributed by atoms with van der Waals surface area (Å²) in [5, 5.41) is 7.44. The van der Waals surface area contributed by atoms with Crippen LogP contribution in [-0.4, -0.2) is 10.1 Å². The average molecular weight is 292 g/mol. The number of benzene rings is 1. The highest BCUT2D eigenvalue weighted by Crippen LogP contribution is 2.14. The van der Waals surface area contributed by atoms with E-state index in [0.717, 1.165) is 22.0 Å². The van der Waals surface area contributed by atoms with E-state index in [-0.39, 0.29) is 0 Å². The first-order chi connectivity index (χ1) is 9.16. The van der Waals surface area contributed by atoms with E-state index in [1.54, 1.807) is 6.20 Å². The van der Waals surface area contributed by atoms with Crippen molar-refractivity contribution in [3.63, 3.8) is 0 Å². The van der Waals surface area contributed by atoms with E-state index in [1.165, 1.54) is 0 Å². The van der Waals surface area contributed by atoms with E-state index in [9.17, 15) is 0 Å². The lowest BCUT2D eigenvalue weighted by molar-refractivity contribution is 0.925. The maximum absolute atomic E-state index is 6.08. The largest absolute Gasteiger partial charge is 0.358 e. The van der Waals surface area contributed by atoms with E-state index in [1.807, 2.05) is 43.3 Å². The highest BCUT2D eigenvalue weighted by Gasteiger charge is 2.03. The minimum absolute atomic E-state index is 0.529. The first-order valence-corrected chi connectivity index (χ1v) is 6.65. The fraction of sp³-hybridized carbons (Fsp3) is 0.143. The lowest BCUT2D eigenvalue weighted by atomic mass is 10.2. The maximum Gasteiger partial charge on any atom is 0.172 e. The van der Waals surface area contributed by atoms with E-state index in [0.29, 0.717) is 11.7 Å². The third-order valence-electron chi connectivity index (χ3n) is 2.64. The summed E-state index contributed by atoms with van der Waals surface area (Å²) in [6, 6.07) is 11.5. The Morgan fingerprint density at radius 2 is 2.05 bits per heavy atom. The van der Waals surface area contributed by atoms with Crippen molar-refractivity contribution in [3.05, 3.63) is 58.7 Å². The molecular weight excluding hydrogens is 278 g/mol. The number of rotatable bonds is 3. The van der Waals surface area contributed by atoms with Crippen LogP contribution in [0.5, 0.6) is 0 Å². The van der Waals surface area contributed by atoms with Gasteiger partial charge < -0.3 is 10.6 Å². The average Bonchev–Trinajstić information content (AvgIpc) is 2.40. The van der Waals surface area contributed by atoms with E-state index in [4.69, 9.17) is 23.8 Å². The van der Waals surface area contributed by atoms with Gasteiger partial charge in [0, 0.05) is 17.8 Å². The Morgan fingerprint density at radius 3 is 2.79 bits per heavy atom. The summed E-state index contributed by atoms with van der Waals surface area (Å²) in [6.07, 6.45) is 1.73. The molecular formula is C14H14ClN3S. The van der Waals surface area contributed by atoms with Gasteiger partial charge >= 0.3 is 0 Å². The van der Waals surface area contributed by atoms with Crippen LogP contribution in [0.4, 0.5) is 5.82 Å². The summed E-state index contributed by atoms with van der Waals surface area (Å²) in [5.41, 5.74) is 2.05. The van der Waals surface area contributed by atoms with Crippen LogP contribution in [0.15, 0.2) is 42.6 Å². The Bertz CT molecular complexity index is 586. The molecule has 3 nitrogen and oxygen atoms in total. The molecule has 0 saturated carbocycles. The molecule has 0 aliphatic carbocycles. The quantitative estimate of drug-likeness (QED) is 0.848. The smallest absolute Gasteiger partial charge is 0.172 e. The highest BCUT2D eigenvalue weighted by atomic mass is 35.5. The molecule has 0 spiro atoms. The van der Waals surface area contributed by atoms with E-state index < -0.39 is 0 Å². The molecule has 2 rings (SSSR count). The zero-order valence-corrected chi connectivity index (χ0v) is 12.1. The molecule has 2 N–H and O–H groups in total. The normalized spacial score (nSPS) is 10.0. The number of aryl methyl sites for hydroxylation is 1. The molecule has 0 amide bonds. The van der Waals surface area contributed by atoms with Crippen LogP contribution in [0.1, 0.15) is 11.1 Å². The lowest BCUT2D eigenvalue weighted by Crippen LogP contribution is -2.28. The van der Waals surface area contributed by atoms with Gasteiger partial charge in [-0.05, 0) is 42.4 Å². The van der Waals surface area contributed by atoms with Crippen molar-refractivity contribution in [2.24, 2.45) is 0 Å². The minimum Gasteiger partial charge on any atom is -0.358 e. The zero-order valence-electron chi connectivity index (χ0n) is 10.5. The van der Waals surface area contributed by atoms with Gasteiger partial charge in [0.25, 0.3) is 0 Å². The van der Waals surface area contributed by atoms with Gasteiger partial charge in [-0.25, -0.2) is 4.98 Å². The molecule has 0 aliphatic rings. The molecule has 0 aliphatic heterocycles. The second-order valence-electron chi connectivity index (χ2n) is 4.07. The predicted octanol–water partition coefficient (Wildman–Crippen LogP) is 3.53. The Kier molecular flexibility index (Phi) is 4.71. The first-order valence-electron chi connectivity index (χ1n) is 5.86. The molecule has 98 valence electrons. The Hall–Kier alpha value is -1.65. The monoisotopic (exact) mass is 291 g/mol. The van der Waals surface area contributed by atoms with Gasteiger partial charge in [-0.1, -0.05) is 35.9 Å². The van der Waals surface area contributed by atoms with Crippen LogP contribution in [0.2, 0.25) is 5.02 Å². The van der Waals surface area contributed by atoms with Gasteiger partial charge in [-0.15, -0.1) is 0 Å². The minimum atomic E-state index is 0.529. The van der Waals surface area contributed by atoms with Gasteiger partial charge in [0.2, 0.25) is 0 Å². The van der Waals surface area contributed by atoms with Crippen molar-refractivity contribution in [2.75, 3.05) is 5.32 Å². The number of nitrogens with one attached hydrogen (secondary N) is 2. The molecule has 0 fully saturated rings. The topological polar surface area (TPSA) is 37.0 Å². The standard InChI is InChI=1S/C14H14ClN3S/c1-10-5-4-8-16-13(10)18-14(19)17-9-11-6-2-3-7-12(11)15/h2-8H,9H2,1H3,(H2,16,17,18,19). The van der Waals surface area contributed by atoms with Crippen LogP contribution in [-0.2, 0) is 6.54 Å². The van der Waals surface area contributed by atoms with Crippen molar-refractivity contribution in [1.29, 1.82) is 0 Å². The van der Waals surface area contributed by atoms with E-state index in [2.05, 4.69) is 15.6 Å². The third kappa shape index (κ3) is 3.91. The van der Waals surface area contributed by atoms with Crippen LogP contribution < -0.4 is 10.6 Å². The molecule has 1 aromatic heterocycles. The van der Waals surface area contributed by atoms with Crippen LogP contribution >= 0.6 is 23.8 Å². The van der Waals surface area contributed by atoms with Crippen molar-refractivity contribution in [1.82, 2.24) is 10.3 Å². The van der Waals surface area contributed by atoms with Crippen LogP contribution in [0.3, 0.4) is 0 Å². The summed E-state index contributed by atoms with van der Waals surface area (Å²) in [4.78, 5) is 4.23. The predicted molar refractivity (Wildman–Crippen MR) is 83.5 cm³/mol. The Balaban J connectivity index is 1.92. The Morgan fingerprint density at radius 1 is 1.26 bits per heavy atom. The van der Waals surface area contributed by atoms with E-state index >= 15 is 0 Å². The fourth-order valence-electron chi connectivity index (χ4n) is 1.59. The molecule has 0 atom stereocenters. The van der Waals surface area contributed by atoms with Crippen molar-refractivity contribution < 1.29 is 0 Å². The number of hydrogen-bond donors (Lipinski definition) is 2. The van der Waals surface area contributed by atoms with Gasteiger partial charge in [0.1, 0.15) is 5.82 Å². The molecule has 0 saturated heterocycles. The van der Waals surface area contributed by atoms with Gasteiger partial charge in [-0.2, -0.15) is 0 Å². The summed E-state index contributed by atoms with van der Waals surface area (Å²) in [6.45, 7) is 2.56. The Labute approximate surface area is 123 Å². The number of anilines is 1. The molecule has 0 bridgehead atoms. The summed E-state index contributed by atoms with van der Waals surface area (Å²) < 4.78 is 0. The highest BCUT2D eigenvalue weighted by molar-refractivity contribution is 7.80. The summed E-state index contributed by atoms with van der Waals surface area (Å²) in [5.74, 6) is 0.763. The molecule has 1 heterocycles. The lowest BCUT2D eigenvalue weighted by Gasteiger charge is -2.12. The molecule has 2 aromatic rings. The number of aromatic nitrogens is 1. The number of hydrogen-bond acceptors (Lipinski definition) is 2. The second kappa shape index (κ2) is 6.50. The molecule has 0 radical (unpaired) electrons. The SMILES string of the molecule is Cc1cccnc1NC(=S)NCc1ccccc1Cl. The summed E-state index contributed by atoms with van der Waals surface area (Å²) >= 11 is 11.3. The molecule has 19 heavy (non-hydrogen) atoms. The number of nitrogens with zero attached hydrogens (tertiary/aromatic N) is 1. The maximum atomic E-state index is 6.08. The number of halogens is 1. The zero-order chi connectivity index (χ0) is 13.7. The molecule has 1 aromatic carbocycles. The molecule has 5 heteroatoms. The van der Waals surface area contributed by atoms with Gasteiger partial charge in [0.15, 0.2) is 5.11 Å². The van der Waals surface area contributed by atoms with Crippen LogP contribution in [0.25, 0.3) is 0 Å². The third-order valence-corrected chi connectivity index (χ3v) is 3.25. The number of pyridine rings is 1. The van der Waals surface area contributed by atoms with Gasteiger partial charge in [0.05, 0.1) is 0 Å². The van der Waals surface area contributed by atoms with Gasteiger partial charge in [-0.3, -0.25) is 0 Å². The fourth-order valence-corrected chi connectivity index (χ4v) is 1.96. The van der Waals surface area contributed by atoms with Crippen LogP contribution in [0, 0.1) is 6.92 Å². The molecule has 0 unspecified atom stereocenters. The van der Waals surface area contributed by atoms with Crippen molar-refractivity contribution in [3.8, 4) is 0 Å². The second-order valence-corrected chi connectivity index (χ2v) is 4.88.